The molecule has 0 amide bonds. The van der Waals surface area contributed by atoms with Crippen molar-refractivity contribution in [1.82, 2.24) is 0 Å². The summed E-state index contributed by atoms with van der Waals surface area (Å²) in [6.45, 7) is 6.45. The summed E-state index contributed by atoms with van der Waals surface area (Å²) >= 11 is 0. The van der Waals surface area contributed by atoms with E-state index in [1.807, 2.05) is 0 Å². The van der Waals surface area contributed by atoms with E-state index in [1.54, 1.807) is 0 Å². The Morgan fingerprint density at radius 2 is 0.735 bits per heavy atom. The second-order valence-electron chi connectivity index (χ2n) is 13.6. The van der Waals surface area contributed by atoms with E-state index < -0.39 is 6.10 Å². The zero-order valence-corrected chi connectivity index (χ0v) is 32.2. The van der Waals surface area contributed by atoms with Gasteiger partial charge < -0.3 is 14.2 Å². The molecule has 0 aliphatic heterocycles. The third-order valence-electron chi connectivity index (χ3n) is 8.65. The number of hydrogen-bond donors (Lipinski definition) is 0. The van der Waals surface area contributed by atoms with E-state index >= 15 is 0 Å². The van der Waals surface area contributed by atoms with Crippen LogP contribution in [-0.4, -0.2) is 37.2 Å². The van der Waals surface area contributed by atoms with Gasteiger partial charge in [0.05, 0.1) is 0 Å². The quantitative estimate of drug-likeness (QED) is 0.0282. The first-order valence-electron chi connectivity index (χ1n) is 20.5. The summed E-state index contributed by atoms with van der Waals surface area (Å²) in [5.41, 5.74) is 0. The van der Waals surface area contributed by atoms with Gasteiger partial charge in [0.1, 0.15) is 13.2 Å². The van der Waals surface area contributed by atoms with Crippen molar-refractivity contribution in [2.45, 2.75) is 207 Å². The summed E-state index contributed by atoms with van der Waals surface area (Å²) in [5, 5.41) is 0. The summed E-state index contributed by atoms with van der Waals surface area (Å²) in [7, 11) is 0. The molecule has 0 saturated carbocycles. The highest BCUT2D eigenvalue weighted by atomic mass is 16.6. The molecule has 0 bridgehead atoms. The lowest BCUT2D eigenvalue weighted by Crippen LogP contribution is -2.30. The fraction of sp³-hybridized carbons (Fsp3) is 0.791. The topological polar surface area (TPSA) is 78.9 Å². The Morgan fingerprint density at radius 3 is 1.18 bits per heavy atom. The van der Waals surface area contributed by atoms with Crippen molar-refractivity contribution in [1.29, 1.82) is 0 Å². The van der Waals surface area contributed by atoms with Crippen molar-refractivity contribution >= 4 is 17.9 Å². The van der Waals surface area contributed by atoms with Crippen LogP contribution in [0.4, 0.5) is 0 Å². The highest BCUT2D eigenvalue weighted by Gasteiger charge is 2.19. The van der Waals surface area contributed by atoms with Gasteiger partial charge in [-0.05, 0) is 57.8 Å². The van der Waals surface area contributed by atoms with E-state index in [0.29, 0.717) is 19.3 Å². The van der Waals surface area contributed by atoms with Crippen molar-refractivity contribution < 1.29 is 28.6 Å². The van der Waals surface area contributed by atoms with Crippen molar-refractivity contribution in [3.63, 3.8) is 0 Å². The molecule has 0 radical (unpaired) electrons. The van der Waals surface area contributed by atoms with Crippen LogP contribution in [0.3, 0.4) is 0 Å². The number of carbonyl (C=O) groups is 3. The third kappa shape index (κ3) is 36.7. The van der Waals surface area contributed by atoms with Gasteiger partial charge in [-0.2, -0.15) is 0 Å². The molecule has 0 aromatic rings. The molecule has 0 N–H and O–H groups in total. The lowest BCUT2D eigenvalue weighted by molar-refractivity contribution is -0.167. The van der Waals surface area contributed by atoms with Crippen LogP contribution in [-0.2, 0) is 28.6 Å². The number of ether oxygens (including phenoxy) is 3. The lowest BCUT2D eigenvalue weighted by Gasteiger charge is -2.18. The number of rotatable bonds is 36. The largest absolute Gasteiger partial charge is 0.462 e. The van der Waals surface area contributed by atoms with Gasteiger partial charge in [-0.15, -0.1) is 0 Å². The van der Waals surface area contributed by atoms with Crippen LogP contribution in [0.1, 0.15) is 201 Å². The Bertz CT molecular complexity index is 845. The van der Waals surface area contributed by atoms with Gasteiger partial charge in [0, 0.05) is 19.3 Å². The lowest BCUT2D eigenvalue weighted by atomic mass is 10.1. The van der Waals surface area contributed by atoms with Crippen LogP contribution in [0.2, 0.25) is 0 Å². The number of unbranched alkanes of at least 4 members (excludes halogenated alkanes) is 19. The standard InChI is InChI=1S/C43H76O6/c1-4-7-10-13-16-17-18-19-20-21-22-23-24-25-26-27-28-31-33-36-42(45)48-39-40(49-43(46)37-34-30-15-12-9-6-3)38-47-41(44)35-32-29-14-11-8-5-2/h16-17,19-20,22-23,40H,4-15,18,21,24-39H2,1-3H3/b17-16-,20-19-,23-22-. The summed E-state index contributed by atoms with van der Waals surface area (Å²) in [6.07, 6.45) is 41.7. The minimum atomic E-state index is -0.766. The monoisotopic (exact) mass is 689 g/mol. The normalized spacial score (nSPS) is 12.3. The Balaban J connectivity index is 4.16. The van der Waals surface area contributed by atoms with Gasteiger partial charge in [0.15, 0.2) is 6.10 Å². The number of esters is 3. The maximum atomic E-state index is 12.5. The molecule has 0 aromatic carbocycles. The summed E-state index contributed by atoms with van der Waals surface area (Å²) in [6, 6.07) is 0. The number of carbonyl (C=O) groups excluding carboxylic acids is 3. The number of hydrogen-bond acceptors (Lipinski definition) is 6. The van der Waals surface area contributed by atoms with Crippen molar-refractivity contribution in [3.8, 4) is 0 Å². The third-order valence-corrected chi connectivity index (χ3v) is 8.65. The average Bonchev–Trinajstić information content (AvgIpc) is 3.10. The van der Waals surface area contributed by atoms with Gasteiger partial charge >= 0.3 is 17.9 Å². The Kier molecular flexibility index (Phi) is 36.6. The van der Waals surface area contributed by atoms with Crippen LogP contribution >= 0.6 is 0 Å². The molecule has 6 heteroatoms. The smallest absolute Gasteiger partial charge is 0.306 e. The van der Waals surface area contributed by atoms with Gasteiger partial charge in [0.25, 0.3) is 0 Å². The van der Waals surface area contributed by atoms with E-state index in [9.17, 15) is 14.4 Å². The SMILES string of the molecule is CCCCC/C=C\C/C=C\C/C=C\CCCCCCCCC(=O)OCC(COC(=O)CCCCCCCC)OC(=O)CCCCCCCC. The van der Waals surface area contributed by atoms with Crippen molar-refractivity contribution in [2.75, 3.05) is 13.2 Å². The maximum Gasteiger partial charge on any atom is 0.306 e. The summed E-state index contributed by atoms with van der Waals surface area (Å²) < 4.78 is 16.5. The second kappa shape index (κ2) is 38.4. The van der Waals surface area contributed by atoms with E-state index in [2.05, 4.69) is 57.2 Å². The van der Waals surface area contributed by atoms with E-state index in [4.69, 9.17) is 14.2 Å². The van der Waals surface area contributed by atoms with E-state index in [0.717, 1.165) is 77.0 Å². The summed E-state index contributed by atoms with van der Waals surface area (Å²) in [4.78, 5) is 37.2. The first-order valence-corrected chi connectivity index (χ1v) is 20.5. The fourth-order valence-corrected chi connectivity index (χ4v) is 5.50. The van der Waals surface area contributed by atoms with Crippen molar-refractivity contribution in [2.24, 2.45) is 0 Å². The fourth-order valence-electron chi connectivity index (χ4n) is 5.50. The van der Waals surface area contributed by atoms with Gasteiger partial charge in [-0.3, -0.25) is 14.4 Å². The maximum absolute atomic E-state index is 12.5. The highest BCUT2D eigenvalue weighted by molar-refractivity contribution is 5.71. The Labute approximate surface area is 302 Å². The minimum absolute atomic E-state index is 0.0765. The van der Waals surface area contributed by atoms with Crippen LogP contribution in [0.25, 0.3) is 0 Å². The molecule has 0 spiro atoms. The molecule has 0 saturated heterocycles. The van der Waals surface area contributed by atoms with E-state index in [-0.39, 0.29) is 31.1 Å². The molecule has 0 fully saturated rings. The minimum Gasteiger partial charge on any atom is -0.462 e. The average molecular weight is 689 g/mol. The molecule has 0 rings (SSSR count). The molecular weight excluding hydrogens is 612 g/mol. The zero-order valence-electron chi connectivity index (χ0n) is 32.2. The van der Waals surface area contributed by atoms with Crippen molar-refractivity contribution in [3.05, 3.63) is 36.5 Å². The molecule has 0 aromatic heterocycles. The van der Waals surface area contributed by atoms with Gasteiger partial charge in [-0.1, -0.05) is 160 Å². The number of allylic oxidation sites excluding steroid dienone is 6. The molecular formula is C43H76O6. The molecule has 0 aliphatic rings. The predicted octanol–water partition coefficient (Wildman–Crippen LogP) is 12.6. The van der Waals surface area contributed by atoms with Gasteiger partial charge in [0.2, 0.25) is 0 Å². The Hall–Kier alpha value is -2.37. The molecule has 6 nitrogen and oxygen atoms in total. The van der Waals surface area contributed by atoms with E-state index in [1.165, 1.54) is 83.5 Å². The zero-order chi connectivity index (χ0) is 35.9. The van der Waals surface area contributed by atoms with Crippen LogP contribution < -0.4 is 0 Å². The predicted molar refractivity (Wildman–Crippen MR) is 206 cm³/mol. The summed E-state index contributed by atoms with van der Waals surface area (Å²) in [5.74, 6) is -0.913. The second-order valence-corrected chi connectivity index (χ2v) is 13.6. The molecule has 0 aliphatic carbocycles. The van der Waals surface area contributed by atoms with Gasteiger partial charge in [-0.25, -0.2) is 0 Å². The molecule has 49 heavy (non-hydrogen) atoms. The molecule has 1 unspecified atom stereocenters. The molecule has 1 atom stereocenters. The highest BCUT2D eigenvalue weighted by Crippen LogP contribution is 2.12. The first-order chi connectivity index (χ1) is 24.0. The Morgan fingerprint density at radius 1 is 0.408 bits per heavy atom. The first kappa shape index (κ1) is 46.6. The molecule has 284 valence electrons. The molecule has 0 heterocycles. The van der Waals surface area contributed by atoms with Crippen LogP contribution in [0, 0.1) is 0 Å². The van der Waals surface area contributed by atoms with Crippen LogP contribution in [0.5, 0.6) is 0 Å². The van der Waals surface area contributed by atoms with Crippen LogP contribution in [0.15, 0.2) is 36.5 Å².